The SMILES string of the molecule is CCn1c(=O)[nH]c2c(F)c(CN3CCN(c4ccc(C(=O)NC)nc4C)CC3)cc(COC)c2c1=O. The van der Waals surface area contributed by atoms with Gasteiger partial charge in [-0.1, -0.05) is 0 Å². The van der Waals surface area contributed by atoms with E-state index in [9.17, 15) is 14.4 Å². The van der Waals surface area contributed by atoms with Gasteiger partial charge in [-0.25, -0.2) is 14.2 Å². The molecule has 11 heteroatoms. The van der Waals surface area contributed by atoms with Gasteiger partial charge in [0.1, 0.15) is 5.69 Å². The molecule has 0 spiro atoms. The van der Waals surface area contributed by atoms with E-state index >= 15 is 4.39 Å². The molecule has 0 aliphatic carbocycles. The van der Waals surface area contributed by atoms with E-state index in [4.69, 9.17) is 4.74 Å². The average molecular weight is 499 g/mol. The Hall–Kier alpha value is -3.57. The van der Waals surface area contributed by atoms with Crippen molar-refractivity contribution in [1.29, 1.82) is 0 Å². The van der Waals surface area contributed by atoms with Crippen LogP contribution in [-0.2, 0) is 24.4 Å². The fourth-order valence-electron chi connectivity index (χ4n) is 4.74. The van der Waals surface area contributed by atoms with Crippen LogP contribution in [0, 0.1) is 12.7 Å². The standard InChI is InChI=1S/C25H31FN6O4/c1-5-32-24(34)20-17(14-36-4)12-16(21(26)22(20)29-25(32)35)13-30-8-10-31(11-9-30)19-7-6-18(23(33)27-3)28-15(19)2/h6-7,12H,5,8-11,13-14H2,1-4H3,(H,27,33)(H,29,35). The molecule has 1 fully saturated rings. The van der Waals surface area contributed by atoms with Gasteiger partial charge in [-0.3, -0.25) is 19.1 Å². The first-order valence-electron chi connectivity index (χ1n) is 11.9. The predicted octanol–water partition coefficient (Wildman–Crippen LogP) is 1.38. The lowest BCUT2D eigenvalue weighted by Gasteiger charge is -2.36. The number of hydrogen-bond donors (Lipinski definition) is 2. The number of pyridine rings is 1. The second-order valence-electron chi connectivity index (χ2n) is 8.81. The molecule has 0 atom stereocenters. The van der Waals surface area contributed by atoms with Gasteiger partial charge < -0.3 is 19.9 Å². The number of fused-ring (bicyclic) bond motifs is 1. The number of ether oxygens (including phenoxy) is 1. The molecule has 3 heterocycles. The molecule has 4 rings (SSSR count). The number of H-pyrrole nitrogens is 1. The summed E-state index contributed by atoms with van der Waals surface area (Å²) in [5.74, 6) is -0.816. The van der Waals surface area contributed by atoms with Gasteiger partial charge in [0.2, 0.25) is 0 Å². The minimum absolute atomic E-state index is 0.0733. The molecule has 2 N–H and O–H groups in total. The average Bonchev–Trinajstić information content (AvgIpc) is 2.87. The monoisotopic (exact) mass is 498 g/mol. The number of nitrogens with one attached hydrogen (secondary N) is 2. The number of amides is 1. The van der Waals surface area contributed by atoms with Gasteiger partial charge in [0.25, 0.3) is 11.5 Å². The summed E-state index contributed by atoms with van der Waals surface area (Å²) in [5, 5.41) is 2.72. The Morgan fingerprint density at radius 3 is 2.53 bits per heavy atom. The Kier molecular flexibility index (Phi) is 7.51. The minimum Gasteiger partial charge on any atom is -0.380 e. The molecule has 1 aliphatic rings. The molecule has 0 unspecified atom stereocenters. The van der Waals surface area contributed by atoms with Gasteiger partial charge in [0.15, 0.2) is 5.82 Å². The third-order valence-corrected chi connectivity index (χ3v) is 6.60. The predicted molar refractivity (Wildman–Crippen MR) is 135 cm³/mol. The van der Waals surface area contributed by atoms with Crippen molar-refractivity contribution in [2.24, 2.45) is 0 Å². The van der Waals surface area contributed by atoms with Crippen LogP contribution in [0.15, 0.2) is 27.8 Å². The van der Waals surface area contributed by atoms with Crippen molar-refractivity contribution in [2.75, 3.05) is 45.2 Å². The first kappa shape index (κ1) is 25.5. The van der Waals surface area contributed by atoms with E-state index < -0.39 is 17.1 Å². The number of rotatable bonds is 7. The lowest BCUT2D eigenvalue weighted by Crippen LogP contribution is -2.46. The molecule has 2 aromatic heterocycles. The molecule has 1 aliphatic heterocycles. The molecule has 0 saturated carbocycles. The van der Waals surface area contributed by atoms with E-state index in [0.29, 0.717) is 49.5 Å². The highest BCUT2D eigenvalue weighted by atomic mass is 19.1. The zero-order valence-electron chi connectivity index (χ0n) is 21.0. The number of carbonyl (C=O) groups excluding carboxylic acids is 1. The Balaban J connectivity index is 1.56. The normalized spacial score (nSPS) is 14.4. The van der Waals surface area contributed by atoms with Crippen molar-refractivity contribution in [3.63, 3.8) is 0 Å². The van der Waals surface area contributed by atoms with Crippen molar-refractivity contribution < 1.29 is 13.9 Å². The summed E-state index contributed by atoms with van der Waals surface area (Å²) in [4.78, 5) is 48.4. The van der Waals surface area contributed by atoms with Crippen LogP contribution < -0.4 is 21.5 Å². The zero-order chi connectivity index (χ0) is 26.0. The second-order valence-corrected chi connectivity index (χ2v) is 8.81. The molecular formula is C25H31FN6O4. The van der Waals surface area contributed by atoms with Crippen molar-refractivity contribution in [2.45, 2.75) is 33.5 Å². The van der Waals surface area contributed by atoms with Gasteiger partial charge >= 0.3 is 5.69 Å². The molecule has 10 nitrogen and oxygen atoms in total. The van der Waals surface area contributed by atoms with Crippen LogP contribution in [-0.4, -0.2) is 65.7 Å². The number of anilines is 1. The molecule has 0 bridgehead atoms. The Labute approximate surface area is 207 Å². The van der Waals surface area contributed by atoms with Crippen molar-refractivity contribution in [3.8, 4) is 0 Å². The first-order valence-corrected chi connectivity index (χ1v) is 11.9. The molecule has 36 heavy (non-hydrogen) atoms. The van der Waals surface area contributed by atoms with E-state index in [1.807, 2.05) is 13.0 Å². The summed E-state index contributed by atoms with van der Waals surface area (Å²) in [6.45, 7) is 7.00. The lowest BCUT2D eigenvalue weighted by molar-refractivity contribution is 0.0958. The second kappa shape index (κ2) is 10.6. The highest BCUT2D eigenvalue weighted by Crippen LogP contribution is 2.25. The summed E-state index contributed by atoms with van der Waals surface area (Å²) in [6.07, 6.45) is 0. The van der Waals surface area contributed by atoms with Gasteiger partial charge in [-0.2, -0.15) is 0 Å². The van der Waals surface area contributed by atoms with Crippen LogP contribution in [0.4, 0.5) is 10.1 Å². The quantitative estimate of drug-likeness (QED) is 0.506. The fraction of sp³-hybridized carbons (Fsp3) is 0.440. The van der Waals surface area contributed by atoms with Crippen LogP contribution in [0.3, 0.4) is 0 Å². The van der Waals surface area contributed by atoms with Crippen molar-refractivity contribution in [1.82, 2.24) is 24.8 Å². The maximum Gasteiger partial charge on any atom is 0.328 e. The van der Waals surface area contributed by atoms with Gasteiger partial charge in [-0.05, 0) is 37.6 Å². The third-order valence-electron chi connectivity index (χ3n) is 6.60. The Morgan fingerprint density at radius 2 is 1.92 bits per heavy atom. The summed E-state index contributed by atoms with van der Waals surface area (Å²) in [5.41, 5.74) is 1.84. The van der Waals surface area contributed by atoms with Crippen LogP contribution in [0.25, 0.3) is 10.9 Å². The largest absolute Gasteiger partial charge is 0.380 e. The van der Waals surface area contributed by atoms with E-state index in [0.717, 1.165) is 15.9 Å². The zero-order valence-corrected chi connectivity index (χ0v) is 21.0. The van der Waals surface area contributed by atoms with E-state index in [-0.39, 0.29) is 30.0 Å². The minimum atomic E-state index is -0.630. The van der Waals surface area contributed by atoms with E-state index in [2.05, 4.69) is 25.1 Å². The number of halogens is 1. The van der Waals surface area contributed by atoms with Crippen LogP contribution in [0.1, 0.15) is 34.2 Å². The Bertz CT molecular complexity index is 1410. The summed E-state index contributed by atoms with van der Waals surface area (Å²) >= 11 is 0. The molecule has 1 aromatic carbocycles. The van der Waals surface area contributed by atoms with Crippen LogP contribution in [0.2, 0.25) is 0 Å². The molecule has 0 radical (unpaired) electrons. The highest BCUT2D eigenvalue weighted by Gasteiger charge is 2.23. The molecule has 1 amide bonds. The number of piperazine rings is 1. The number of hydrogen-bond acceptors (Lipinski definition) is 7. The molecule has 1 saturated heterocycles. The molecule has 3 aromatic rings. The van der Waals surface area contributed by atoms with Crippen molar-refractivity contribution in [3.05, 3.63) is 67.4 Å². The number of aromatic amines is 1. The number of aryl methyl sites for hydroxylation is 1. The van der Waals surface area contributed by atoms with Gasteiger partial charge in [-0.15, -0.1) is 0 Å². The lowest BCUT2D eigenvalue weighted by atomic mass is 10.0. The topological polar surface area (TPSA) is 113 Å². The maximum atomic E-state index is 15.5. The summed E-state index contributed by atoms with van der Waals surface area (Å²) in [6, 6.07) is 5.28. The number of methoxy groups -OCH3 is 1. The van der Waals surface area contributed by atoms with Gasteiger partial charge in [0.05, 0.1) is 28.9 Å². The highest BCUT2D eigenvalue weighted by molar-refractivity contribution is 5.92. The summed E-state index contributed by atoms with van der Waals surface area (Å²) < 4.78 is 21.9. The van der Waals surface area contributed by atoms with E-state index in [1.165, 1.54) is 7.11 Å². The maximum absolute atomic E-state index is 15.5. The number of benzene rings is 1. The summed E-state index contributed by atoms with van der Waals surface area (Å²) in [7, 11) is 3.08. The van der Waals surface area contributed by atoms with Crippen LogP contribution in [0.5, 0.6) is 0 Å². The number of nitrogens with zero attached hydrogens (tertiary/aromatic N) is 4. The number of carbonyl (C=O) groups is 1. The first-order chi connectivity index (χ1) is 17.3. The Morgan fingerprint density at radius 1 is 1.19 bits per heavy atom. The number of aromatic nitrogens is 3. The fourth-order valence-corrected chi connectivity index (χ4v) is 4.74. The molecule has 192 valence electrons. The van der Waals surface area contributed by atoms with Gasteiger partial charge in [0, 0.05) is 59.0 Å². The van der Waals surface area contributed by atoms with Crippen LogP contribution >= 0.6 is 0 Å². The molecular weight excluding hydrogens is 467 g/mol. The van der Waals surface area contributed by atoms with E-state index in [1.54, 1.807) is 26.1 Å². The smallest absolute Gasteiger partial charge is 0.328 e. The van der Waals surface area contributed by atoms with Crippen molar-refractivity contribution >= 4 is 22.5 Å². The third kappa shape index (κ3) is 4.76.